The zero-order valence-corrected chi connectivity index (χ0v) is 14.6. The van der Waals surface area contributed by atoms with Gasteiger partial charge in [0.15, 0.2) is 0 Å². The van der Waals surface area contributed by atoms with Crippen LogP contribution in [0.1, 0.15) is 18.1 Å². The molecule has 1 heterocycles. The molecule has 0 spiro atoms. The molecule has 0 aliphatic carbocycles. The van der Waals surface area contributed by atoms with Crippen molar-refractivity contribution in [3.05, 3.63) is 63.9 Å². The van der Waals surface area contributed by atoms with Gasteiger partial charge >= 0.3 is 0 Å². The van der Waals surface area contributed by atoms with Gasteiger partial charge in [-0.25, -0.2) is 0 Å². The Morgan fingerprint density at radius 2 is 2.04 bits per heavy atom. The summed E-state index contributed by atoms with van der Waals surface area (Å²) in [6, 6.07) is 14.7. The highest BCUT2D eigenvalue weighted by atomic mass is 16.5. The van der Waals surface area contributed by atoms with Crippen molar-refractivity contribution in [2.45, 2.75) is 13.5 Å². The number of aromatic nitrogens is 1. The van der Waals surface area contributed by atoms with E-state index in [0.29, 0.717) is 30.0 Å². The molecule has 2 N–H and O–H groups in total. The number of rotatable bonds is 6. The maximum atomic E-state index is 12.3. The lowest BCUT2D eigenvalue weighted by Gasteiger charge is -2.10. The Hall–Kier alpha value is -3.46. The molecule has 0 bridgehead atoms. The minimum Gasteiger partial charge on any atom is -0.495 e. The maximum Gasteiger partial charge on any atom is 0.253 e. The molecule has 6 heteroatoms. The van der Waals surface area contributed by atoms with Gasteiger partial charge in [0.05, 0.1) is 19.3 Å². The number of anilines is 1. The lowest BCUT2D eigenvalue weighted by molar-refractivity contribution is 0.340. The fourth-order valence-electron chi connectivity index (χ4n) is 2.71. The molecule has 0 fully saturated rings. The molecule has 0 saturated heterocycles. The number of nitrogens with zero attached hydrogens (tertiary/aromatic N) is 1. The van der Waals surface area contributed by atoms with E-state index in [0.717, 1.165) is 22.3 Å². The van der Waals surface area contributed by atoms with Crippen molar-refractivity contribution in [2.75, 3.05) is 19.0 Å². The van der Waals surface area contributed by atoms with Crippen LogP contribution >= 0.6 is 0 Å². The summed E-state index contributed by atoms with van der Waals surface area (Å²) in [5.74, 6) is 1.26. The number of fused-ring (bicyclic) bond motifs is 1. The number of pyridine rings is 1. The average Bonchev–Trinajstić information content (AvgIpc) is 2.66. The van der Waals surface area contributed by atoms with Crippen LogP contribution in [0.4, 0.5) is 5.69 Å². The second-order valence-corrected chi connectivity index (χ2v) is 5.69. The van der Waals surface area contributed by atoms with E-state index in [9.17, 15) is 4.79 Å². The summed E-state index contributed by atoms with van der Waals surface area (Å²) in [6.45, 7) is 2.86. The molecule has 3 rings (SSSR count). The van der Waals surface area contributed by atoms with Crippen LogP contribution in [-0.2, 0) is 6.54 Å². The fraction of sp³-hybridized carbons (Fsp3) is 0.200. The summed E-state index contributed by atoms with van der Waals surface area (Å²) >= 11 is 0. The highest BCUT2D eigenvalue weighted by Gasteiger charge is 2.07. The van der Waals surface area contributed by atoms with Gasteiger partial charge in [-0.05, 0) is 43.3 Å². The zero-order chi connectivity index (χ0) is 18.5. The van der Waals surface area contributed by atoms with Crippen molar-refractivity contribution >= 4 is 16.6 Å². The second-order valence-electron chi connectivity index (χ2n) is 5.69. The minimum absolute atomic E-state index is 0.144. The summed E-state index contributed by atoms with van der Waals surface area (Å²) in [5, 5.41) is 13.1. The van der Waals surface area contributed by atoms with E-state index in [4.69, 9.17) is 14.7 Å². The molecular formula is C20H19N3O3. The summed E-state index contributed by atoms with van der Waals surface area (Å²) in [6.07, 6.45) is 0. The molecule has 0 aliphatic rings. The predicted molar refractivity (Wildman–Crippen MR) is 101 cm³/mol. The van der Waals surface area contributed by atoms with Crippen molar-refractivity contribution in [2.24, 2.45) is 0 Å². The van der Waals surface area contributed by atoms with Crippen molar-refractivity contribution in [1.82, 2.24) is 4.98 Å². The van der Waals surface area contributed by atoms with Crippen LogP contribution in [0.25, 0.3) is 10.9 Å². The summed E-state index contributed by atoms with van der Waals surface area (Å²) in [5.41, 5.74) is 2.46. The van der Waals surface area contributed by atoms with Crippen molar-refractivity contribution in [3.8, 4) is 17.6 Å². The third kappa shape index (κ3) is 3.62. The highest BCUT2D eigenvalue weighted by Crippen LogP contribution is 2.23. The summed E-state index contributed by atoms with van der Waals surface area (Å²) < 4.78 is 10.7. The molecule has 0 radical (unpaired) electrons. The summed E-state index contributed by atoms with van der Waals surface area (Å²) in [4.78, 5) is 15.2. The monoisotopic (exact) mass is 349 g/mol. The fourth-order valence-corrected chi connectivity index (χ4v) is 2.71. The Kier molecular flexibility index (Phi) is 5.09. The van der Waals surface area contributed by atoms with E-state index >= 15 is 0 Å². The largest absolute Gasteiger partial charge is 0.495 e. The molecule has 1 aromatic heterocycles. The SMILES string of the molecule is CCOc1ccc2[nH]c(=O)c(CNc3ccc(C#N)c(OC)c3)cc2c1. The van der Waals surface area contributed by atoms with Gasteiger partial charge in [-0.15, -0.1) is 0 Å². The number of methoxy groups -OCH3 is 1. The molecule has 6 nitrogen and oxygen atoms in total. The van der Waals surface area contributed by atoms with Crippen LogP contribution in [0.5, 0.6) is 11.5 Å². The topological polar surface area (TPSA) is 87.1 Å². The molecular weight excluding hydrogens is 330 g/mol. The van der Waals surface area contributed by atoms with Crippen molar-refractivity contribution < 1.29 is 9.47 Å². The number of hydrogen-bond donors (Lipinski definition) is 2. The highest BCUT2D eigenvalue weighted by molar-refractivity contribution is 5.80. The molecule has 0 atom stereocenters. The molecule has 26 heavy (non-hydrogen) atoms. The Morgan fingerprint density at radius 3 is 2.77 bits per heavy atom. The summed E-state index contributed by atoms with van der Waals surface area (Å²) in [7, 11) is 1.52. The van der Waals surface area contributed by atoms with Crippen molar-refractivity contribution in [3.63, 3.8) is 0 Å². The first-order valence-corrected chi connectivity index (χ1v) is 8.25. The lowest BCUT2D eigenvalue weighted by atomic mass is 10.1. The van der Waals surface area contributed by atoms with Crippen LogP contribution < -0.4 is 20.3 Å². The molecule has 132 valence electrons. The molecule has 3 aromatic rings. The standard InChI is InChI=1S/C20H19N3O3/c1-3-26-17-6-7-18-14(9-17)8-15(20(24)23-18)12-22-16-5-4-13(11-21)19(10-16)25-2/h4-10,22H,3,12H2,1-2H3,(H,23,24). The molecule has 0 saturated carbocycles. The third-order valence-electron chi connectivity index (χ3n) is 4.01. The zero-order valence-electron chi connectivity index (χ0n) is 14.6. The van der Waals surface area contributed by atoms with Gasteiger partial charge in [-0.3, -0.25) is 4.79 Å². The Labute approximate surface area is 151 Å². The lowest BCUT2D eigenvalue weighted by Crippen LogP contribution is -2.15. The third-order valence-corrected chi connectivity index (χ3v) is 4.01. The van der Waals surface area contributed by atoms with Gasteiger partial charge < -0.3 is 19.8 Å². The Balaban J connectivity index is 1.85. The number of hydrogen-bond acceptors (Lipinski definition) is 5. The molecule has 0 amide bonds. The van der Waals surface area contributed by atoms with Gasteiger partial charge in [0.25, 0.3) is 5.56 Å². The minimum atomic E-state index is -0.144. The molecule has 0 aliphatic heterocycles. The first-order chi connectivity index (χ1) is 12.6. The molecule has 2 aromatic carbocycles. The van der Waals surface area contributed by atoms with E-state index in [1.54, 1.807) is 18.2 Å². The first kappa shape index (κ1) is 17.4. The van der Waals surface area contributed by atoms with E-state index in [1.807, 2.05) is 31.2 Å². The number of H-pyrrole nitrogens is 1. The predicted octanol–water partition coefficient (Wildman–Crippen LogP) is 3.42. The van der Waals surface area contributed by atoms with Gasteiger partial charge in [0.1, 0.15) is 17.6 Å². The van der Waals surface area contributed by atoms with Gasteiger partial charge in [-0.2, -0.15) is 5.26 Å². The smallest absolute Gasteiger partial charge is 0.253 e. The Bertz CT molecular complexity index is 1030. The van der Waals surface area contributed by atoms with Crippen molar-refractivity contribution in [1.29, 1.82) is 5.26 Å². The van der Waals surface area contributed by atoms with E-state index < -0.39 is 0 Å². The number of benzene rings is 2. The van der Waals surface area contributed by atoms with Crippen LogP contribution in [-0.4, -0.2) is 18.7 Å². The normalized spacial score (nSPS) is 10.3. The van der Waals surface area contributed by atoms with Gasteiger partial charge in [0.2, 0.25) is 0 Å². The quantitative estimate of drug-likeness (QED) is 0.712. The second kappa shape index (κ2) is 7.62. The number of nitriles is 1. The number of ether oxygens (including phenoxy) is 2. The molecule has 0 unspecified atom stereocenters. The van der Waals surface area contributed by atoms with E-state index in [-0.39, 0.29) is 5.56 Å². The van der Waals surface area contributed by atoms with Crippen LogP contribution in [0, 0.1) is 11.3 Å². The van der Waals surface area contributed by atoms with E-state index in [2.05, 4.69) is 16.4 Å². The first-order valence-electron chi connectivity index (χ1n) is 8.25. The Morgan fingerprint density at radius 1 is 1.19 bits per heavy atom. The van der Waals surface area contributed by atoms with E-state index in [1.165, 1.54) is 7.11 Å². The van der Waals surface area contributed by atoms with Gasteiger partial charge in [-0.1, -0.05) is 0 Å². The van der Waals surface area contributed by atoms with Crippen LogP contribution in [0.3, 0.4) is 0 Å². The van der Waals surface area contributed by atoms with Crippen LogP contribution in [0.15, 0.2) is 47.3 Å². The number of aromatic amines is 1. The average molecular weight is 349 g/mol. The maximum absolute atomic E-state index is 12.3. The van der Waals surface area contributed by atoms with Crippen LogP contribution in [0.2, 0.25) is 0 Å². The van der Waals surface area contributed by atoms with Gasteiger partial charge in [0, 0.05) is 34.8 Å². The number of nitrogens with one attached hydrogen (secondary N) is 2.